The lowest BCUT2D eigenvalue weighted by molar-refractivity contribution is 1.18. The van der Waals surface area contributed by atoms with Crippen LogP contribution in [0.15, 0.2) is 255 Å². The molecule has 13 aromatic rings. The Bertz CT molecular complexity index is 3930. The summed E-state index contributed by atoms with van der Waals surface area (Å²) in [6.07, 6.45) is 0. The molecule has 4 heteroatoms. The molecule has 2 heterocycles. The van der Waals surface area contributed by atoms with Gasteiger partial charge in [0.15, 0.2) is 0 Å². The van der Waals surface area contributed by atoms with E-state index in [-0.39, 0.29) is 0 Å². The molecule has 310 valence electrons. The summed E-state index contributed by atoms with van der Waals surface area (Å²) in [5, 5.41) is 9.65. The minimum absolute atomic E-state index is 1.06. The van der Waals surface area contributed by atoms with Gasteiger partial charge in [-0.05, 0) is 113 Å². The molecular formula is C62H42N4. The zero-order chi connectivity index (χ0) is 43.6. The Hall–Kier alpha value is -8.86. The molecule has 0 unspecified atom stereocenters. The predicted octanol–water partition coefficient (Wildman–Crippen LogP) is 17.1. The highest BCUT2D eigenvalue weighted by atomic mass is 15.2. The maximum Gasteiger partial charge on any atom is 0.0567 e. The van der Waals surface area contributed by atoms with Crippen molar-refractivity contribution in [2.75, 3.05) is 9.80 Å². The molecule has 0 aliphatic carbocycles. The van der Waals surface area contributed by atoms with E-state index in [2.05, 4.69) is 274 Å². The molecule has 0 saturated carbocycles. The highest BCUT2D eigenvalue weighted by molar-refractivity contribution is 6.18. The van der Waals surface area contributed by atoms with Crippen LogP contribution in [-0.2, 0) is 0 Å². The van der Waals surface area contributed by atoms with E-state index in [1.54, 1.807) is 0 Å². The maximum atomic E-state index is 2.46. The number of hydrogen-bond acceptors (Lipinski definition) is 2. The predicted molar refractivity (Wildman–Crippen MR) is 279 cm³/mol. The monoisotopic (exact) mass is 842 g/mol. The van der Waals surface area contributed by atoms with E-state index in [1.165, 1.54) is 48.7 Å². The van der Waals surface area contributed by atoms with E-state index >= 15 is 0 Å². The fourth-order valence-electron chi connectivity index (χ4n) is 10.3. The number of nitrogens with zero attached hydrogens (tertiary/aromatic N) is 4. The third-order valence-corrected chi connectivity index (χ3v) is 13.2. The average Bonchev–Trinajstić information content (AvgIpc) is 3.90. The van der Waals surface area contributed by atoms with Gasteiger partial charge in [0.2, 0.25) is 0 Å². The Balaban J connectivity index is 1.10. The summed E-state index contributed by atoms with van der Waals surface area (Å²) in [5.74, 6) is 0. The van der Waals surface area contributed by atoms with Crippen molar-refractivity contribution in [1.82, 2.24) is 9.13 Å². The Morgan fingerprint density at radius 3 is 1.23 bits per heavy atom. The van der Waals surface area contributed by atoms with Crippen LogP contribution in [0.2, 0.25) is 0 Å². The Labute approximate surface area is 382 Å². The summed E-state index contributed by atoms with van der Waals surface area (Å²) >= 11 is 0. The summed E-state index contributed by atoms with van der Waals surface area (Å²) in [4.78, 5) is 4.88. The second-order valence-electron chi connectivity index (χ2n) is 17.0. The van der Waals surface area contributed by atoms with Crippen molar-refractivity contribution in [2.24, 2.45) is 0 Å². The normalized spacial score (nSPS) is 11.6. The van der Waals surface area contributed by atoms with Crippen molar-refractivity contribution in [1.29, 1.82) is 0 Å². The minimum atomic E-state index is 1.06. The minimum Gasteiger partial charge on any atom is -0.310 e. The van der Waals surface area contributed by atoms with Crippen molar-refractivity contribution in [3.05, 3.63) is 255 Å². The van der Waals surface area contributed by atoms with Gasteiger partial charge in [-0.15, -0.1) is 0 Å². The number of rotatable bonds is 8. The van der Waals surface area contributed by atoms with Gasteiger partial charge < -0.3 is 18.9 Å². The highest BCUT2D eigenvalue weighted by Crippen LogP contribution is 2.48. The van der Waals surface area contributed by atoms with Crippen molar-refractivity contribution in [3.8, 4) is 11.4 Å². The van der Waals surface area contributed by atoms with E-state index in [9.17, 15) is 0 Å². The van der Waals surface area contributed by atoms with Crippen LogP contribution in [0.4, 0.5) is 34.1 Å². The van der Waals surface area contributed by atoms with Crippen LogP contribution >= 0.6 is 0 Å². The molecule has 0 bridgehead atoms. The van der Waals surface area contributed by atoms with E-state index in [0.29, 0.717) is 0 Å². The molecule has 66 heavy (non-hydrogen) atoms. The second-order valence-corrected chi connectivity index (χ2v) is 17.0. The summed E-state index contributed by atoms with van der Waals surface area (Å²) in [5.41, 5.74) is 13.4. The van der Waals surface area contributed by atoms with E-state index in [4.69, 9.17) is 0 Å². The van der Waals surface area contributed by atoms with Crippen molar-refractivity contribution in [2.45, 2.75) is 0 Å². The van der Waals surface area contributed by atoms with Crippen LogP contribution < -0.4 is 9.80 Å². The number of fused-ring (bicyclic) bond motifs is 9. The molecule has 4 nitrogen and oxygen atoms in total. The average molecular weight is 843 g/mol. The number of hydrogen-bond donors (Lipinski definition) is 0. The SMILES string of the molecule is c1ccc(N(c2cc(N(c3ccccc3)c3ccc4c5ccccc5n(-c5ccccc5)c4c3)c3c(ccc4ccccc43)c2)c2ccc3c4ccccc4n(-c4ccccc4)c3c2)cc1. The molecule has 0 amide bonds. The van der Waals surface area contributed by atoms with Gasteiger partial charge in [0.25, 0.3) is 0 Å². The van der Waals surface area contributed by atoms with E-state index < -0.39 is 0 Å². The lowest BCUT2D eigenvalue weighted by Crippen LogP contribution is -2.14. The molecular weight excluding hydrogens is 801 g/mol. The Morgan fingerprint density at radius 1 is 0.242 bits per heavy atom. The first kappa shape index (κ1) is 37.7. The van der Waals surface area contributed by atoms with Gasteiger partial charge >= 0.3 is 0 Å². The van der Waals surface area contributed by atoms with E-state index in [0.717, 1.165) is 61.9 Å². The molecule has 0 spiro atoms. The largest absolute Gasteiger partial charge is 0.310 e. The summed E-state index contributed by atoms with van der Waals surface area (Å²) in [7, 11) is 0. The Morgan fingerprint density at radius 2 is 0.667 bits per heavy atom. The van der Waals surface area contributed by atoms with Crippen LogP contribution in [-0.4, -0.2) is 9.13 Å². The van der Waals surface area contributed by atoms with Crippen LogP contribution in [0.3, 0.4) is 0 Å². The molecule has 13 rings (SSSR count). The van der Waals surface area contributed by atoms with Crippen LogP contribution in [0.25, 0.3) is 76.5 Å². The van der Waals surface area contributed by atoms with Crippen LogP contribution in [0, 0.1) is 0 Å². The van der Waals surface area contributed by atoms with Gasteiger partial charge in [-0.2, -0.15) is 0 Å². The zero-order valence-corrected chi connectivity index (χ0v) is 36.0. The zero-order valence-electron chi connectivity index (χ0n) is 36.0. The molecule has 2 aromatic heterocycles. The molecule has 0 aliphatic rings. The molecule has 0 saturated heterocycles. The smallest absolute Gasteiger partial charge is 0.0567 e. The lowest BCUT2D eigenvalue weighted by Gasteiger charge is -2.31. The maximum absolute atomic E-state index is 2.46. The standard InChI is InChI=1S/C62H42N4/c1-5-20-45(21-6-1)63(49-35-37-55-53-29-15-17-31-57(53)65(59(55)40-49)47-24-9-3-10-25-47)51-39-44-34-33-43-19-13-14-28-52(43)62(44)61(42-51)64(46-22-7-2-8-23-46)50-36-38-56-54-30-16-18-32-58(54)66(60(56)41-50)48-26-11-4-12-27-48/h1-42H. The quantitative estimate of drug-likeness (QED) is 0.142. The third kappa shape index (κ3) is 6.07. The molecule has 0 aliphatic heterocycles. The highest BCUT2D eigenvalue weighted by Gasteiger charge is 2.24. The van der Waals surface area contributed by atoms with E-state index in [1.807, 2.05) is 0 Å². The molecule has 0 N–H and O–H groups in total. The lowest BCUT2D eigenvalue weighted by atomic mass is 9.97. The topological polar surface area (TPSA) is 16.3 Å². The fraction of sp³-hybridized carbons (Fsp3) is 0. The third-order valence-electron chi connectivity index (χ3n) is 13.2. The molecule has 0 radical (unpaired) electrons. The first-order valence-electron chi connectivity index (χ1n) is 22.6. The van der Waals surface area contributed by atoms with Crippen molar-refractivity contribution in [3.63, 3.8) is 0 Å². The summed E-state index contributed by atoms with van der Waals surface area (Å²) in [6, 6.07) is 92.6. The van der Waals surface area contributed by atoms with Gasteiger partial charge in [0.05, 0.1) is 27.8 Å². The first-order valence-corrected chi connectivity index (χ1v) is 22.6. The van der Waals surface area contributed by atoms with Gasteiger partial charge in [-0.1, -0.05) is 158 Å². The second kappa shape index (κ2) is 15.4. The summed E-state index contributed by atoms with van der Waals surface area (Å²) < 4.78 is 4.81. The number of benzene rings is 11. The van der Waals surface area contributed by atoms with Gasteiger partial charge in [-0.3, -0.25) is 0 Å². The van der Waals surface area contributed by atoms with Crippen LogP contribution in [0.1, 0.15) is 0 Å². The van der Waals surface area contributed by atoms with Gasteiger partial charge in [-0.25, -0.2) is 0 Å². The Kier molecular flexibility index (Phi) is 8.81. The first-order chi connectivity index (χ1) is 32.8. The summed E-state index contributed by atoms with van der Waals surface area (Å²) in [6.45, 7) is 0. The van der Waals surface area contributed by atoms with Crippen LogP contribution in [0.5, 0.6) is 0 Å². The molecule has 0 fully saturated rings. The molecule has 11 aromatic carbocycles. The number of aromatic nitrogens is 2. The van der Waals surface area contributed by atoms with Crippen molar-refractivity contribution < 1.29 is 0 Å². The van der Waals surface area contributed by atoms with Gasteiger partial charge in [0.1, 0.15) is 0 Å². The molecule has 0 atom stereocenters. The van der Waals surface area contributed by atoms with Gasteiger partial charge in [0, 0.05) is 66.7 Å². The number of para-hydroxylation sites is 6. The van der Waals surface area contributed by atoms with Crippen molar-refractivity contribution >= 4 is 99.3 Å². The fourth-order valence-corrected chi connectivity index (χ4v) is 10.3. The number of anilines is 6.